The van der Waals surface area contributed by atoms with E-state index in [1.54, 1.807) is 18.2 Å². The van der Waals surface area contributed by atoms with Crippen LogP contribution in [-0.2, 0) is 42.8 Å². The van der Waals surface area contributed by atoms with Crippen LogP contribution in [0.5, 0.6) is 0 Å². The fourth-order valence-corrected chi connectivity index (χ4v) is 9.84. The third-order valence-electron chi connectivity index (χ3n) is 13.1. The second-order valence-corrected chi connectivity index (χ2v) is 16.8. The van der Waals surface area contributed by atoms with Crippen molar-refractivity contribution in [2.45, 2.75) is 108 Å². The smallest absolute Gasteiger partial charge is 0.467 e. The molecule has 4 N–H and O–H groups in total. The summed E-state index contributed by atoms with van der Waals surface area (Å²) in [5.41, 5.74) is -8.08. The van der Waals surface area contributed by atoms with Crippen LogP contribution in [0.3, 0.4) is 0 Å². The second kappa shape index (κ2) is 16.5. The highest BCUT2D eigenvalue weighted by Crippen LogP contribution is 2.64. The molecule has 11 atom stereocenters. The first-order valence-corrected chi connectivity index (χ1v) is 20.1. The number of furan rings is 2. The molecule has 18 nitrogen and oxygen atoms in total. The minimum atomic E-state index is -2.46. The number of hydrogen-bond acceptors (Lipinski definition) is 17. The summed E-state index contributed by atoms with van der Waals surface area (Å²) >= 11 is 0. The summed E-state index contributed by atoms with van der Waals surface area (Å²) in [4.78, 5) is 83.4. The molecule has 7 rings (SSSR count). The zero-order valence-electron chi connectivity index (χ0n) is 34.9. The molecular weight excluding hydrogens is 814 g/mol. The topological polar surface area (TPSA) is 257 Å². The first-order valence-electron chi connectivity index (χ1n) is 20.1. The van der Waals surface area contributed by atoms with Crippen LogP contribution in [-0.4, -0.2) is 112 Å². The van der Waals surface area contributed by atoms with Crippen molar-refractivity contribution in [3.05, 3.63) is 95.4 Å². The largest absolute Gasteiger partial charge is 0.509 e. The van der Waals surface area contributed by atoms with Crippen molar-refractivity contribution in [3.8, 4) is 0 Å². The van der Waals surface area contributed by atoms with Gasteiger partial charge in [0.05, 0.1) is 48.7 Å². The minimum Gasteiger partial charge on any atom is -0.467 e. The molecule has 0 spiro atoms. The molecule has 1 saturated heterocycles. The highest BCUT2D eigenvalue weighted by Gasteiger charge is 2.78. The maximum atomic E-state index is 15.6. The summed E-state index contributed by atoms with van der Waals surface area (Å²) in [6.07, 6.45) is -9.86. The number of amides is 1. The van der Waals surface area contributed by atoms with Gasteiger partial charge in [0, 0.05) is 25.2 Å². The molecule has 62 heavy (non-hydrogen) atoms. The van der Waals surface area contributed by atoms with Crippen LogP contribution in [0, 0.1) is 16.7 Å². The number of aliphatic hydroxyl groups is 3. The molecule has 2 bridgehead atoms. The molecule has 1 aromatic carbocycles. The van der Waals surface area contributed by atoms with E-state index in [9.17, 15) is 39.3 Å². The number of nitrogens with one attached hydrogen (secondary N) is 1. The van der Waals surface area contributed by atoms with Gasteiger partial charge in [-0.25, -0.2) is 14.4 Å². The van der Waals surface area contributed by atoms with Crippen LogP contribution in [0.15, 0.2) is 87.1 Å². The number of ketones is 1. The van der Waals surface area contributed by atoms with Crippen LogP contribution in [0.2, 0.25) is 0 Å². The average Bonchev–Trinajstić information content (AvgIpc) is 3.97. The molecule has 3 fully saturated rings. The minimum absolute atomic E-state index is 0.0393. The number of esters is 3. The first-order chi connectivity index (χ1) is 29.3. The van der Waals surface area contributed by atoms with Crippen LogP contribution in [0.25, 0.3) is 0 Å². The third kappa shape index (κ3) is 7.17. The number of fused-ring (bicyclic) bond motifs is 5. The Morgan fingerprint density at radius 1 is 0.952 bits per heavy atom. The number of benzene rings is 1. The number of carbonyl (C=O) groups excluding carboxylic acids is 6. The summed E-state index contributed by atoms with van der Waals surface area (Å²) < 4.78 is 45.9. The first kappa shape index (κ1) is 44.2. The lowest BCUT2D eigenvalue weighted by molar-refractivity contribution is -0.346. The van der Waals surface area contributed by atoms with Gasteiger partial charge in [-0.3, -0.25) is 14.4 Å². The predicted molar refractivity (Wildman–Crippen MR) is 209 cm³/mol. The highest BCUT2D eigenvalue weighted by atomic mass is 16.7. The second-order valence-electron chi connectivity index (χ2n) is 16.8. The number of carbonyl (C=O) groups is 6. The van der Waals surface area contributed by atoms with E-state index in [2.05, 4.69) is 5.32 Å². The Bertz CT molecular complexity index is 2230. The van der Waals surface area contributed by atoms with Crippen LogP contribution in [0.1, 0.15) is 87.1 Å². The van der Waals surface area contributed by atoms with Gasteiger partial charge in [-0.15, -0.1) is 0 Å². The Morgan fingerprint density at radius 2 is 1.65 bits per heavy atom. The molecule has 2 saturated carbocycles. The van der Waals surface area contributed by atoms with Crippen LogP contribution in [0.4, 0.5) is 4.79 Å². The van der Waals surface area contributed by atoms with Crippen molar-refractivity contribution < 1.29 is 81.3 Å². The van der Waals surface area contributed by atoms with Gasteiger partial charge in [0.15, 0.2) is 29.4 Å². The molecule has 332 valence electrons. The van der Waals surface area contributed by atoms with Gasteiger partial charge in [-0.05, 0) is 68.3 Å². The summed E-state index contributed by atoms with van der Waals surface area (Å²) in [7, 11) is 0. The summed E-state index contributed by atoms with van der Waals surface area (Å²) in [6.45, 7) is 8.00. The molecule has 3 aromatic rings. The quantitative estimate of drug-likeness (QED) is 0.122. The molecular formula is C44H49NO17. The maximum absolute atomic E-state index is 15.6. The van der Waals surface area contributed by atoms with E-state index in [0.29, 0.717) is 0 Å². The van der Waals surface area contributed by atoms with Crippen LogP contribution < -0.4 is 5.32 Å². The van der Waals surface area contributed by atoms with E-state index < -0.39 is 113 Å². The third-order valence-corrected chi connectivity index (χ3v) is 13.1. The molecule has 2 unspecified atom stereocenters. The van der Waals surface area contributed by atoms with Gasteiger partial charge in [0.1, 0.15) is 35.7 Å². The molecule has 18 heteroatoms. The van der Waals surface area contributed by atoms with Crippen molar-refractivity contribution >= 4 is 35.8 Å². The molecule has 3 aliphatic carbocycles. The van der Waals surface area contributed by atoms with Crippen molar-refractivity contribution in [3.63, 3.8) is 0 Å². The van der Waals surface area contributed by atoms with E-state index in [1.165, 1.54) is 83.5 Å². The Balaban J connectivity index is 1.40. The summed E-state index contributed by atoms with van der Waals surface area (Å²) in [5, 5.41) is 39.9. The van der Waals surface area contributed by atoms with Gasteiger partial charge in [-0.2, -0.15) is 0 Å². The lowest BCUT2D eigenvalue weighted by Gasteiger charge is -2.67. The Hall–Kier alpha value is -5.82. The highest BCUT2D eigenvalue weighted by molar-refractivity contribution is 5.95. The molecule has 1 amide bonds. The van der Waals surface area contributed by atoms with Gasteiger partial charge in [0.2, 0.25) is 0 Å². The van der Waals surface area contributed by atoms with Crippen molar-refractivity contribution in [2.24, 2.45) is 16.7 Å². The van der Waals surface area contributed by atoms with E-state index in [4.69, 9.17) is 37.3 Å². The summed E-state index contributed by atoms with van der Waals surface area (Å²) in [5.74, 6) is -6.64. The number of rotatable bonds is 11. The Labute approximate surface area is 355 Å². The lowest BCUT2D eigenvalue weighted by Crippen LogP contribution is -2.82. The Morgan fingerprint density at radius 3 is 2.24 bits per heavy atom. The van der Waals surface area contributed by atoms with E-state index in [-0.39, 0.29) is 47.9 Å². The SMILES string of the molecule is CCOC(=O)O[C@H]1C(=O)[C@@]2(C)C(C(OC(=O)c3ccccc3)[C@]3(O)C[C@H](OC(=O)[C@H](O)[C@@H](NC(=O)c4ccco4)c4ccco4)C(C)=C1C3(C)C)[C@]1(OC(C)=O)CO[C@@H]1C[C@@H]2O. The van der Waals surface area contributed by atoms with Crippen molar-refractivity contribution in [1.29, 1.82) is 0 Å². The van der Waals surface area contributed by atoms with Gasteiger partial charge < -0.3 is 57.9 Å². The van der Waals surface area contributed by atoms with Gasteiger partial charge in [0.25, 0.3) is 5.91 Å². The Kier molecular flexibility index (Phi) is 11.8. The summed E-state index contributed by atoms with van der Waals surface area (Å²) in [6, 6.07) is 11.9. The predicted octanol–water partition coefficient (Wildman–Crippen LogP) is 3.53. The number of hydrogen-bond donors (Lipinski definition) is 4. The zero-order chi connectivity index (χ0) is 44.9. The normalized spacial score (nSPS) is 31.9. The lowest BCUT2D eigenvalue weighted by atomic mass is 9.44. The number of ether oxygens (including phenoxy) is 6. The molecule has 1 aliphatic heterocycles. The molecule has 4 aliphatic rings. The fourth-order valence-electron chi connectivity index (χ4n) is 9.84. The molecule has 2 aromatic heterocycles. The molecule has 0 radical (unpaired) electrons. The van der Waals surface area contributed by atoms with E-state index in [0.717, 1.165) is 6.92 Å². The van der Waals surface area contributed by atoms with E-state index >= 15 is 4.79 Å². The molecule has 3 heterocycles. The zero-order valence-corrected chi connectivity index (χ0v) is 34.9. The average molecular weight is 864 g/mol. The van der Waals surface area contributed by atoms with Crippen molar-refractivity contribution in [1.82, 2.24) is 5.32 Å². The maximum Gasteiger partial charge on any atom is 0.509 e. The van der Waals surface area contributed by atoms with Crippen LogP contribution >= 0.6 is 0 Å². The van der Waals surface area contributed by atoms with E-state index in [1.807, 2.05) is 0 Å². The van der Waals surface area contributed by atoms with Gasteiger partial charge in [-0.1, -0.05) is 32.0 Å². The number of aliphatic hydroxyl groups excluding tert-OH is 2. The standard InChI is InChI=1S/C44H49NO17/c1-7-55-40(53)60-33-30-22(2)27(59-39(52)32(48)31(25-15-11-17-56-25)45-37(50)26-16-12-18-57-26)20-44(54,41(30,4)5)36(61-38(51)24-13-9-8-10-14-24)34-42(6,35(33)49)28(47)19-29-43(34,21-58-29)62-23(3)46/h8-18,27-29,31-34,36,47-48,54H,7,19-21H2,1-6H3,(H,45,50)/t27-,28-,29+,31-,32+,33+,34?,36?,42+,43-,44+/m0/s1. The fraction of sp³-hybridized carbons (Fsp3) is 0.500. The van der Waals surface area contributed by atoms with Gasteiger partial charge >= 0.3 is 24.1 Å². The number of Topliss-reactive ketones (excluding diaryl/α,β-unsaturated/α-hetero) is 1. The van der Waals surface area contributed by atoms with Crippen molar-refractivity contribution in [2.75, 3.05) is 13.2 Å². The monoisotopic (exact) mass is 863 g/mol.